The van der Waals surface area contributed by atoms with Crippen molar-refractivity contribution in [3.63, 3.8) is 0 Å². The summed E-state index contributed by atoms with van der Waals surface area (Å²) in [4.78, 5) is 1.59. The summed E-state index contributed by atoms with van der Waals surface area (Å²) in [5.74, 6) is 0.376. The van der Waals surface area contributed by atoms with Gasteiger partial charge in [-0.3, -0.25) is 9.45 Å². The zero-order valence-corrected chi connectivity index (χ0v) is 15.7. The van der Waals surface area contributed by atoms with Gasteiger partial charge in [0.05, 0.1) is 12.8 Å². The molecule has 1 heterocycles. The molecule has 2 N–H and O–H groups in total. The van der Waals surface area contributed by atoms with E-state index < -0.39 is 22.8 Å². The third kappa shape index (κ3) is 4.89. The van der Waals surface area contributed by atoms with Crippen LogP contribution >= 0.6 is 0 Å². The predicted octanol–water partition coefficient (Wildman–Crippen LogP) is 2.98. The second-order valence-corrected chi connectivity index (χ2v) is 8.85. The number of hydrogen-bond acceptors (Lipinski definition) is 4. The predicted molar refractivity (Wildman–Crippen MR) is 91.8 cm³/mol. The van der Waals surface area contributed by atoms with Crippen LogP contribution in [0.3, 0.4) is 0 Å². The molecule has 1 fully saturated rings. The van der Waals surface area contributed by atoms with E-state index in [4.69, 9.17) is 4.55 Å². The number of benzene rings is 1. The quantitative estimate of drug-likeness (QED) is 0.715. The van der Waals surface area contributed by atoms with E-state index in [1.54, 1.807) is 17.0 Å². The van der Waals surface area contributed by atoms with Gasteiger partial charge in [0, 0.05) is 6.04 Å². The lowest BCUT2D eigenvalue weighted by atomic mass is 9.59. The zero-order valence-electron chi connectivity index (χ0n) is 14.9. The lowest BCUT2D eigenvalue weighted by Crippen LogP contribution is -2.59. The van der Waals surface area contributed by atoms with Crippen molar-refractivity contribution < 1.29 is 31.2 Å². The molecule has 5 nitrogen and oxygen atoms in total. The highest BCUT2D eigenvalue weighted by atomic mass is 32.2. The van der Waals surface area contributed by atoms with Crippen molar-refractivity contribution >= 4 is 10.1 Å². The number of aromatic hydroxyl groups is 1. The minimum atomic E-state index is -4.15. The normalized spacial score (nSPS) is 28.7. The Morgan fingerprint density at radius 1 is 1.35 bits per heavy atom. The minimum Gasteiger partial charge on any atom is -0.508 e. The lowest BCUT2D eigenvalue weighted by molar-refractivity contribution is -0.160. The van der Waals surface area contributed by atoms with Gasteiger partial charge >= 0.3 is 6.18 Å². The fourth-order valence-electron chi connectivity index (χ4n) is 4.12. The fourth-order valence-corrected chi connectivity index (χ4v) is 4.12. The maximum absolute atomic E-state index is 12.8. The van der Waals surface area contributed by atoms with Crippen molar-refractivity contribution in [3.05, 3.63) is 29.3 Å². The van der Waals surface area contributed by atoms with Gasteiger partial charge in [0.25, 0.3) is 10.1 Å². The van der Waals surface area contributed by atoms with Crippen molar-refractivity contribution in [2.75, 3.05) is 19.3 Å². The molecule has 26 heavy (non-hydrogen) atoms. The van der Waals surface area contributed by atoms with E-state index in [-0.39, 0.29) is 23.1 Å². The maximum Gasteiger partial charge on any atom is 0.401 e. The van der Waals surface area contributed by atoms with E-state index in [1.807, 2.05) is 13.0 Å². The molecule has 1 aliphatic heterocycles. The van der Waals surface area contributed by atoms with Gasteiger partial charge in [-0.05, 0) is 54.0 Å². The number of rotatable bonds is 1. The topological polar surface area (TPSA) is 77.8 Å². The van der Waals surface area contributed by atoms with Crippen molar-refractivity contribution in [2.24, 2.45) is 5.92 Å². The fraction of sp³-hybridized carbons (Fsp3) is 0.647. The second kappa shape index (κ2) is 7.01. The first kappa shape index (κ1) is 21.0. The van der Waals surface area contributed by atoms with Crippen molar-refractivity contribution in [2.45, 2.75) is 44.3 Å². The van der Waals surface area contributed by atoms with Gasteiger partial charge in [-0.25, -0.2) is 0 Å². The van der Waals surface area contributed by atoms with E-state index in [2.05, 4.69) is 6.92 Å². The molecule has 0 saturated carbocycles. The van der Waals surface area contributed by atoms with E-state index in [0.29, 0.717) is 25.6 Å². The summed E-state index contributed by atoms with van der Waals surface area (Å²) < 4.78 is 64.2. The van der Waals surface area contributed by atoms with Crippen molar-refractivity contribution in [1.82, 2.24) is 4.90 Å². The number of phenols is 1. The largest absolute Gasteiger partial charge is 0.508 e. The smallest absolute Gasteiger partial charge is 0.401 e. The van der Waals surface area contributed by atoms with Crippen molar-refractivity contribution in [1.29, 1.82) is 0 Å². The van der Waals surface area contributed by atoms with Crippen molar-refractivity contribution in [3.8, 4) is 5.75 Å². The molecule has 1 saturated heterocycles. The van der Waals surface area contributed by atoms with Crippen LogP contribution in [-0.4, -0.2) is 54.5 Å². The molecule has 1 aromatic rings. The van der Waals surface area contributed by atoms with Crippen LogP contribution in [0.4, 0.5) is 13.2 Å². The third-order valence-corrected chi connectivity index (χ3v) is 5.49. The van der Waals surface area contributed by atoms with Gasteiger partial charge in [0.2, 0.25) is 0 Å². The summed E-state index contributed by atoms with van der Waals surface area (Å²) in [7, 11) is -3.67. The van der Waals surface area contributed by atoms with E-state index in [9.17, 15) is 26.7 Å². The molecule has 0 amide bonds. The van der Waals surface area contributed by atoms with E-state index >= 15 is 0 Å². The van der Waals surface area contributed by atoms with Crippen LogP contribution in [-0.2, 0) is 22.0 Å². The summed E-state index contributed by atoms with van der Waals surface area (Å²) in [6, 6.07) is 5.20. The number of likely N-dealkylation sites (tertiary alicyclic amines) is 1. The van der Waals surface area contributed by atoms with Gasteiger partial charge in [-0.2, -0.15) is 21.6 Å². The van der Waals surface area contributed by atoms with Crippen LogP contribution in [0.15, 0.2) is 18.2 Å². The Hall–Kier alpha value is -1.32. The van der Waals surface area contributed by atoms with Crippen LogP contribution in [0, 0.1) is 5.92 Å². The first-order chi connectivity index (χ1) is 11.7. The highest BCUT2D eigenvalue weighted by Gasteiger charge is 2.50. The SMILES string of the molecule is CS(=O)(=O)O.C[C@H]1C2Cc3ccc(O)cc3[C@@]1(C)CCN2CC(F)(F)F. The molecule has 2 bridgehead atoms. The number of fused-ring (bicyclic) bond motifs is 4. The maximum atomic E-state index is 12.8. The molecule has 3 rings (SSSR count). The van der Waals surface area contributed by atoms with Crippen LogP contribution in [0.2, 0.25) is 0 Å². The zero-order chi connectivity index (χ0) is 19.9. The highest BCUT2D eigenvalue weighted by molar-refractivity contribution is 7.85. The molecule has 0 spiro atoms. The summed E-state index contributed by atoms with van der Waals surface area (Å²) in [6.07, 6.45) is -2.12. The van der Waals surface area contributed by atoms with E-state index in [0.717, 1.165) is 11.1 Å². The Bertz CT molecular complexity index is 758. The van der Waals surface area contributed by atoms with Gasteiger partial charge in [0.15, 0.2) is 0 Å². The van der Waals surface area contributed by atoms with Crippen LogP contribution in [0.1, 0.15) is 31.4 Å². The Balaban J connectivity index is 0.000000431. The summed E-state index contributed by atoms with van der Waals surface area (Å²) >= 11 is 0. The Labute approximate surface area is 151 Å². The highest BCUT2D eigenvalue weighted by Crippen LogP contribution is 2.49. The number of phenolic OH excluding ortho intramolecular Hbond substituents is 1. The standard InChI is InChI=1S/C16H20F3NO.CH4O3S/c1-10-14-7-11-3-4-12(21)8-13(11)15(10,2)5-6-20(14)9-16(17,18)19;1-5(2,3)4/h3-4,8,10,14,21H,5-7,9H2,1-2H3;1H3,(H,2,3,4)/t10-,14?,15-;/m0./s1. The Morgan fingerprint density at radius 2 is 1.92 bits per heavy atom. The van der Waals surface area contributed by atoms with E-state index in [1.165, 1.54) is 0 Å². The number of hydrogen-bond donors (Lipinski definition) is 2. The van der Waals surface area contributed by atoms with Crippen LogP contribution < -0.4 is 0 Å². The molecule has 1 aliphatic carbocycles. The van der Waals surface area contributed by atoms with Gasteiger partial charge in [-0.15, -0.1) is 0 Å². The van der Waals surface area contributed by atoms with Gasteiger partial charge < -0.3 is 5.11 Å². The van der Waals surface area contributed by atoms with Gasteiger partial charge in [0.1, 0.15) is 5.75 Å². The average molecular weight is 395 g/mol. The van der Waals surface area contributed by atoms with Crippen LogP contribution in [0.5, 0.6) is 5.75 Å². The molecule has 148 valence electrons. The molecule has 3 atom stereocenters. The summed E-state index contributed by atoms with van der Waals surface area (Å²) in [5.41, 5.74) is 2.03. The average Bonchev–Trinajstić information content (AvgIpc) is 2.44. The molecular weight excluding hydrogens is 371 g/mol. The summed E-state index contributed by atoms with van der Waals surface area (Å²) in [5, 5.41) is 9.73. The molecule has 1 aromatic carbocycles. The molecule has 0 radical (unpaired) electrons. The van der Waals surface area contributed by atoms with Gasteiger partial charge in [-0.1, -0.05) is 19.9 Å². The molecule has 2 aliphatic rings. The summed E-state index contributed by atoms with van der Waals surface area (Å²) in [6.45, 7) is 3.79. The first-order valence-corrected chi connectivity index (χ1v) is 10.1. The Kier molecular flexibility index (Phi) is 5.66. The monoisotopic (exact) mass is 395 g/mol. The first-order valence-electron chi connectivity index (χ1n) is 8.26. The second-order valence-electron chi connectivity index (χ2n) is 7.39. The number of alkyl halides is 3. The number of nitrogens with zero attached hydrogens (tertiary/aromatic N) is 1. The lowest BCUT2D eigenvalue weighted by Gasteiger charge is -2.54. The molecule has 1 unspecified atom stereocenters. The number of piperidine rings is 1. The molecule has 9 heteroatoms. The van der Waals surface area contributed by atoms with Crippen LogP contribution in [0.25, 0.3) is 0 Å². The Morgan fingerprint density at radius 3 is 2.46 bits per heavy atom. The third-order valence-electron chi connectivity index (χ3n) is 5.49. The number of halogens is 3. The minimum absolute atomic E-state index is 0.0811. The molecule has 0 aromatic heterocycles. The molecular formula is C17H24F3NO4S.